The average molecular weight is 256 g/mol. The Morgan fingerprint density at radius 1 is 1.22 bits per heavy atom. The molecule has 0 fully saturated rings. The molecule has 0 aliphatic heterocycles. The highest BCUT2D eigenvalue weighted by Crippen LogP contribution is 2.30. The van der Waals surface area contributed by atoms with E-state index < -0.39 is 5.97 Å². The molecule has 2 heterocycles. The molecule has 1 aromatic carbocycles. The minimum atomic E-state index is -0.999. The summed E-state index contributed by atoms with van der Waals surface area (Å²) >= 11 is 1.33. The van der Waals surface area contributed by atoms with Crippen LogP contribution < -0.4 is 0 Å². The molecule has 4 nitrogen and oxygen atoms in total. The molecule has 3 rings (SSSR count). The minimum Gasteiger partial charge on any atom is -0.476 e. The lowest BCUT2D eigenvalue weighted by atomic mass is 10.1. The fraction of sp³-hybridized carbons (Fsp3) is 0. The summed E-state index contributed by atoms with van der Waals surface area (Å²) in [5.41, 5.74) is 2.53. The Kier molecular flexibility index (Phi) is 2.53. The number of carbonyl (C=O) groups is 1. The van der Waals surface area contributed by atoms with Crippen LogP contribution in [0.5, 0.6) is 0 Å². The first kappa shape index (κ1) is 10.9. The second-order valence-electron chi connectivity index (χ2n) is 3.77. The maximum Gasteiger partial charge on any atom is 0.356 e. The monoisotopic (exact) mass is 256 g/mol. The van der Waals surface area contributed by atoms with Gasteiger partial charge in [-0.3, -0.25) is 4.98 Å². The number of carboxylic acid groups (broad SMARTS) is 1. The standard InChI is InChI=1S/C13H8N2O2S/c16-13(17)11-12(18-7-15-11)9-1-2-10-6-14-4-3-8(10)5-9/h1-7H,(H,16,17). The van der Waals surface area contributed by atoms with E-state index in [1.807, 2.05) is 24.3 Å². The van der Waals surface area contributed by atoms with E-state index in [1.54, 1.807) is 17.9 Å². The number of aromatic carboxylic acids is 1. The summed E-state index contributed by atoms with van der Waals surface area (Å²) in [6.07, 6.45) is 3.50. The van der Waals surface area contributed by atoms with Gasteiger partial charge in [-0.1, -0.05) is 12.1 Å². The van der Waals surface area contributed by atoms with Crippen LogP contribution in [0.15, 0.2) is 42.2 Å². The summed E-state index contributed by atoms with van der Waals surface area (Å²) in [5.74, 6) is -0.999. The number of thiazole rings is 1. The summed E-state index contributed by atoms with van der Waals surface area (Å²) < 4.78 is 0. The van der Waals surface area contributed by atoms with Gasteiger partial charge in [-0.05, 0) is 23.1 Å². The summed E-state index contributed by atoms with van der Waals surface area (Å²) in [6.45, 7) is 0. The zero-order valence-corrected chi connectivity index (χ0v) is 10.0. The molecule has 88 valence electrons. The van der Waals surface area contributed by atoms with Gasteiger partial charge in [-0.2, -0.15) is 0 Å². The van der Waals surface area contributed by atoms with E-state index in [9.17, 15) is 4.79 Å². The van der Waals surface area contributed by atoms with Gasteiger partial charge >= 0.3 is 5.97 Å². The molecular formula is C13H8N2O2S. The molecule has 2 aromatic heterocycles. The quantitative estimate of drug-likeness (QED) is 0.765. The van der Waals surface area contributed by atoms with Crippen molar-refractivity contribution in [1.29, 1.82) is 0 Å². The zero-order chi connectivity index (χ0) is 12.5. The highest BCUT2D eigenvalue weighted by atomic mass is 32.1. The highest BCUT2D eigenvalue weighted by molar-refractivity contribution is 7.13. The number of rotatable bonds is 2. The van der Waals surface area contributed by atoms with Gasteiger partial charge < -0.3 is 5.11 Å². The first-order valence-electron chi connectivity index (χ1n) is 5.26. The van der Waals surface area contributed by atoms with E-state index in [0.29, 0.717) is 4.88 Å². The molecule has 0 saturated carbocycles. The fourth-order valence-corrected chi connectivity index (χ4v) is 2.61. The van der Waals surface area contributed by atoms with Crippen molar-refractivity contribution in [2.24, 2.45) is 0 Å². The molecule has 0 amide bonds. The second kappa shape index (κ2) is 4.19. The maximum atomic E-state index is 11.1. The van der Waals surface area contributed by atoms with E-state index in [-0.39, 0.29) is 5.69 Å². The number of hydrogen-bond acceptors (Lipinski definition) is 4. The van der Waals surface area contributed by atoms with Gasteiger partial charge in [0.1, 0.15) is 0 Å². The third-order valence-corrected chi connectivity index (χ3v) is 3.55. The summed E-state index contributed by atoms with van der Waals surface area (Å²) in [6, 6.07) is 7.68. The van der Waals surface area contributed by atoms with Crippen LogP contribution >= 0.6 is 11.3 Å². The average Bonchev–Trinajstić information content (AvgIpc) is 2.87. The van der Waals surface area contributed by atoms with Crippen LogP contribution in [0.4, 0.5) is 0 Å². The van der Waals surface area contributed by atoms with Gasteiger partial charge in [0, 0.05) is 17.8 Å². The van der Waals surface area contributed by atoms with Crippen molar-refractivity contribution in [2.45, 2.75) is 0 Å². The van der Waals surface area contributed by atoms with Crippen molar-refractivity contribution in [1.82, 2.24) is 9.97 Å². The van der Waals surface area contributed by atoms with Crippen LogP contribution in [0.1, 0.15) is 10.5 Å². The number of fused-ring (bicyclic) bond motifs is 1. The van der Waals surface area contributed by atoms with Crippen molar-refractivity contribution in [3.63, 3.8) is 0 Å². The third kappa shape index (κ3) is 1.74. The first-order chi connectivity index (χ1) is 8.75. The molecule has 0 aliphatic carbocycles. The van der Waals surface area contributed by atoms with E-state index in [0.717, 1.165) is 16.3 Å². The van der Waals surface area contributed by atoms with Gasteiger partial charge in [0.15, 0.2) is 5.69 Å². The third-order valence-electron chi connectivity index (χ3n) is 2.67. The predicted octanol–water partition coefficient (Wildman–Crippen LogP) is 3.06. The first-order valence-corrected chi connectivity index (χ1v) is 6.14. The predicted molar refractivity (Wildman–Crippen MR) is 69.8 cm³/mol. The van der Waals surface area contributed by atoms with Crippen LogP contribution in [0.3, 0.4) is 0 Å². The lowest BCUT2D eigenvalue weighted by Crippen LogP contribution is -1.98. The molecule has 0 unspecified atom stereocenters. The van der Waals surface area contributed by atoms with Gasteiger partial charge in [0.05, 0.1) is 10.4 Å². The topological polar surface area (TPSA) is 63.1 Å². The molecule has 1 N–H and O–H groups in total. The van der Waals surface area contributed by atoms with Crippen molar-refractivity contribution >= 4 is 28.1 Å². The minimum absolute atomic E-state index is 0.105. The normalized spacial score (nSPS) is 10.7. The van der Waals surface area contributed by atoms with Crippen molar-refractivity contribution in [3.8, 4) is 10.4 Å². The van der Waals surface area contributed by atoms with Crippen molar-refractivity contribution in [2.75, 3.05) is 0 Å². The van der Waals surface area contributed by atoms with Gasteiger partial charge in [-0.25, -0.2) is 9.78 Å². The summed E-state index contributed by atoms with van der Waals surface area (Å²) in [5, 5.41) is 11.1. The van der Waals surface area contributed by atoms with E-state index in [4.69, 9.17) is 5.11 Å². The number of aromatic nitrogens is 2. The Bertz CT molecular complexity index is 736. The second-order valence-corrected chi connectivity index (χ2v) is 4.63. The van der Waals surface area contributed by atoms with Crippen molar-refractivity contribution < 1.29 is 9.90 Å². The van der Waals surface area contributed by atoms with Crippen LogP contribution in [0.25, 0.3) is 21.2 Å². The van der Waals surface area contributed by atoms with Gasteiger partial charge in [0.2, 0.25) is 0 Å². The zero-order valence-electron chi connectivity index (χ0n) is 9.20. The molecule has 5 heteroatoms. The molecule has 0 atom stereocenters. The van der Waals surface area contributed by atoms with Crippen LogP contribution in [0.2, 0.25) is 0 Å². The Labute approximate surface area is 107 Å². The summed E-state index contributed by atoms with van der Waals surface area (Å²) in [4.78, 5) is 19.7. The number of benzene rings is 1. The van der Waals surface area contributed by atoms with Crippen molar-refractivity contribution in [3.05, 3.63) is 47.9 Å². The van der Waals surface area contributed by atoms with Crippen LogP contribution in [-0.2, 0) is 0 Å². The Morgan fingerprint density at radius 3 is 2.94 bits per heavy atom. The summed E-state index contributed by atoms with van der Waals surface area (Å²) in [7, 11) is 0. The Morgan fingerprint density at radius 2 is 2.11 bits per heavy atom. The van der Waals surface area contributed by atoms with E-state index in [2.05, 4.69) is 9.97 Å². The molecule has 0 bridgehead atoms. The van der Waals surface area contributed by atoms with Crippen LogP contribution in [-0.4, -0.2) is 21.0 Å². The molecule has 0 saturated heterocycles. The number of hydrogen-bond donors (Lipinski definition) is 1. The maximum absolute atomic E-state index is 11.1. The molecule has 0 radical (unpaired) electrons. The number of pyridine rings is 1. The fourth-order valence-electron chi connectivity index (χ4n) is 1.83. The Hall–Kier alpha value is -2.27. The molecule has 0 spiro atoms. The lowest BCUT2D eigenvalue weighted by molar-refractivity contribution is 0.0692. The molecule has 0 aliphatic rings. The lowest BCUT2D eigenvalue weighted by Gasteiger charge is -2.02. The Balaban J connectivity index is 2.19. The van der Waals surface area contributed by atoms with E-state index in [1.165, 1.54) is 11.3 Å². The molecular weight excluding hydrogens is 248 g/mol. The van der Waals surface area contributed by atoms with E-state index >= 15 is 0 Å². The molecule has 3 aromatic rings. The van der Waals surface area contributed by atoms with Gasteiger partial charge in [0.25, 0.3) is 0 Å². The molecule has 18 heavy (non-hydrogen) atoms. The largest absolute Gasteiger partial charge is 0.476 e. The van der Waals surface area contributed by atoms with Crippen LogP contribution in [0, 0.1) is 0 Å². The van der Waals surface area contributed by atoms with Gasteiger partial charge in [-0.15, -0.1) is 11.3 Å². The number of carboxylic acids is 1. The SMILES string of the molecule is O=C(O)c1ncsc1-c1ccc2cnccc2c1. The highest BCUT2D eigenvalue weighted by Gasteiger charge is 2.15. The smallest absolute Gasteiger partial charge is 0.356 e. The number of nitrogens with zero attached hydrogens (tertiary/aromatic N) is 2.